The normalized spacial score (nSPS) is 18.9. The summed E-state index contributed by atoms with van der Waals surface area (Å²) in [6.45, 7) is 4.06. The van der Waals surface area contributed by atoms with Gasteiger partial charge in [-0.05, 0) is 25.5 Å². The van der Waals surface area contributed by atoms with Crippen LogP contribution in [0, 0.1) is 5.41 Å². The first kappa shape index (κ1) is 14.0. The molecule has 0 atom stereocenters. The zero-order valence-electron chi connectivity index (χ0n) is 11.2. The van der Waals surface area contributed by atoms with Gasteiger partial charge >= 0.3 is 0 Å². The average Bonchev–Trinajstić information content (AvgIpc) is 2.56. The predicted octanol–water partition coefficient (Wildman–Crippen LogP) is 1.39. The first-order valence-electron chi connectivity index (χ1n) is 5.95. The van der Waals surface area contributed by atoms with Crippen LogP contribution in [0.25, 0.3) is 0 Å². The number of carbonyl (C=O) groups excluding carboxylic acids is 1. The zero-order chi connectivity index (χ0) is 14.3. The van der Waals surface area contributed by atoms with Gasteiger partial charge in [-0.25, -0.2) is 13.5 Å². The Morgan fingerprint density at radius 1 is 1.32 bits per heavy atom. The van der Waals surface area contributed by atoms with Gasteiger partial charge < -0.3 is 0 Å². The molecule has 19 heavy (non-hydrogen) atoms. The number of rotatable bonds is 3. The summed E-state index contributed by atoms with van der Waals surface area (Å²) >= 11 is 0. The highest BCUT2D eigenvalue weighted by Gasteiger charge is 2.40. The molecule has 1 aliphatic heterocycles. The van der Waals surface area contributed by atoms with Crippen LogP contribution in [0.15, 0.2) is 29.2 Å². The third kappa shape index (κ3) is 2.79. The topological polar surface area (TPSA) is 63.7 Å². The van der Waals surface area contributed by atoms with Crippen LogP contribution in [0.5, 0.6) is 0 Å². The predicted molar refractivity (Wildman–Crippen MR) is 69.8 cm³/mol. The third-order valence-corrected chi connectivity index (χ3v) is 4.27. The molecular formula is C13H17NO4S. The maximum Gasteiger partial charge on any atom is 0.254 e. The fraction of sp³-hybridized carbons (Fsp3) is 0.462. The lowest BCUT2D eigenvalue weighted by molar-refractivity contribution is -0.165. The quantitative estimate of drug-likeness (QED) is 0.841. The van der Waals surface area contributed by atoms with Crippen molar-refractivity contribution in [3.63, 3.8) is 0 Å². The molecule has 104 valence electrons. The molecule has 2 rings (SSSR count). The molecule has 0 radical (unpaired) electrons. The molecule has 1 heterocycles. The Labute approximate surface area is 113 Å². The van der Waals surface area contributed by atoms with Crippen molar-refractivity contribution >= 4 is 15.7 Å². The molecule has 6 heteroatoms. The molecule has 0 aromatic heterocycles. The lowest BCUT2D eigenvalue weighted by Crippen LogP contribution is -2.30. The molecular weight excluding hydrogens is 266 g/mol. The van der Waals surface area contributed by atoms with Crippen LogP contribution in [-0.4, -0.2) is 32.3 Å². The lowest BCUT2D eigenvalue weighted by Gasteiger charge is -2.17. The van der Waals surface area contributed by atoms with Crippen LogP contribution in [0.3, 0.4) is 0 Å². The molecule has 1 amide bonds. The maximum absolute atomic E-state index is 12.0. The van der Waals surface area contributed by atoms with Gasteiger partial charge in [-0.3, -0.25) is 9.63 Å². The summed E-state index contributed by atoms with van der Waals surface area (Å²) < 4.78 is 23.4. The van der Waals surface area contributed by atoms with Crippen LogP contribution < -0.4 is 0 Å². The first-order chi connectivity index (χ1) is 8.72. The van der Waals surface area contributed by atoms with E-state index in [4.69, 9.17) is 4.84 Å². The van der Waals surface area contributed by atoms with Crippen LogP contribution in [0.1, 0.15) is 19.4 Å². The Balaban J connectivity index is 2.29. The van der Waals surface area contributed by atoms with Crippen LogP contribution in [-0.2, 0) is 26.0 Å². The van der Waals surface area contributed by atoms with E-state index in [2.05, 4.69) is 0 Å². The lowest BCUT2D eigenvalue weighted by atomic mass is 9.95. The van der Waals surface area contributed by atoms with Gasteiger partial charge in [0.15, 0.2) is 9.84 Å². The maximum atomic E-state index is 12.0. The monoisotopic (exact) mass is 283 g/mol. The Bertz CT molecular complexity index is 607. The van der Waals surface area contributed by atoms with E-state index in [1.807, 2.05) is 0 Å². The highest BCUT2D eigenvalue weighted by atomic mass is 32.2. The summed E-state index contributed by atoms with van der Waals surface area (Å²) in [5.41, 5.74) is 0.0103. The van der Waals surface area contributed by atoms with E-state index in [1.54, 1.807) is 32.0 Å². The van der Waals surface area contributed by atoms with Gasteiger partial charge in [-0.15, -0.1) is 0 Å². The van der Waals surface area contributed by atoms with E-state index in [0.29, 0.717) is 12.2 Å². The number of hydrogen-bond donors (Lipinski definition) is 0. The van der Waals surface area contributed by atoms with Crippen LogP contribution >= 0.6 is 0 Å². The minimum atomic E-state index is -3.31. The summed E-state index contributed by atoms with van der Waals surface area (Å²) in [7, 11) is -3.31. The number of hydrogen-bond acceptors (Lipinski definition) is 4. The van der Waals surface area contributed by atoms with Gasteiger partial charge in [0, 0.05) is 6.26 Å². The number of sulfone groups is 1. The van der Waals surface area contributed by atoms with E-state index in [9.17, 15) is 13.2 Å². The zero-order valence-corrected chi connectivity index (χ0v) is 12.0. The smallest absolute Gasteiger partial charge is 0.254 e. The highest BCUT2D eigenvalue weighted by Crippen LogP contribution is 2.29. The van der Waals surface area contributed by atoms with Gasteiger partial charge in [-0.1, -0.05) is 18.2 Å². The second-order valence-electron chi connectivity index (χ2n) is 5.38. The van der Waals surface area contributed by atoms with Crippen molar-refractivity contribution in [1.29, 1.82) is 0 Å². The standard InChI is InChI=1S/C13H17NO4S/c1-13(2)9-18-14(12(13)15)8-10-6-4-5-7-11(10)19(3,16)17/h4-7H,8-9H2,1-3H3. The number of amides is 1. The molecule has 1 aliphatic rings. The molecule has 0 spiro atoms. The van der Waals surface area contributed by atoms with Crippen molar-refractivity contribution in [3.8, 4) is 0 Å². The Morgan fingerprint density at radius 3 is 2.47 bits per heavy atom. The van der Waals surface area contributed by atoms with E-state index >= 15 is 0 Å². The summed E-state index contributed by atoms with van der Waals surface area (Å²) in [5, 5.41) is 1.24. The molecule has 1 aromatic rings. The second kappa shape index (κ2) is 4.61. The van der Waals surface area contributed by atoms with Crippen LogP contribution in [0.2, 0.25) is 0 Å². The molecule has 0 unspecified atom stereocenters. The van der Waals surface area contributed by atoms with Crippen molar-refractivity contribution in [3.05, 3.63) is 29.8 Å². The minimum absolute atomic E-state index is 0.129. The van der Waals surface area contributed by atoms with Gasteiger partial charge in [-0.2, -0.15) is 0 Å². The number of nitrogens with zero attached hydrogens (tertiary/aromatic N) is 1. The van der Waals surface area contributed by atoms with Gasteiger partial charge in [0.05, 0.1) is 23.5 Å². The largest absolute Gasteiger partial charge is 0.272 e. The van der Waals surface area contributed by atoms with E-state index in [1.165, 1.54) is 11.1 Å². The van der Waals surface area contributed by atoms with E-state index < -0.39 is 15.3 Å². The van der Waals surface area contributed by atoms with Crippen molar-refractivity contribution in [2.24, 2.45) is 5.41 Å². The minimum Gasteiger partial charge on any atom is -0.272 e. The number of benzene rings is 1. The number of hydroxylamine groups is 2. The molecule has 0 aliphatic carbocycles. The summed E-state index contributed by atoms with van der Waals surface area (Å²) in [4.78, 5) is 17.6. The Morgan fingerprint density at radius 2 is 1.95 bits per heavy atom. The first-order valence-corrected chi connectivity index (χ1v) is 7.84. The summed E-state index contributed by atoms with van der Waals surface area (Å²) in [6, 6.07) is 6.64. The fourth-order valence-electron chi connectivity index (χ4n) is 1.97. The molecule has 1 saturated heterocycles. The molecule has 0 bridgehead atoms. The van der Waals surface area contributed by atoms with E-state index in [-0.39, 0.29) is 17.3 Å². The van der Waals surface area contributed by atoms with E-state index in [0.717, 1.165) is 6.26 Å². The van der Waals surface area contributed by atoms with Gasteiger partial charge in [0.1, 0.15) is 0 Å². The molecule has 0 saturated carbocycles. The molecule has 1 aromatic carbocycles. The van der Waals surface area contributed by atoms with Gasteiger partial charge in [0.2, 0.25) is 0 Å². The van der Waals surface area contributed by atoms with Crippen molar-refractivity contribution < 1.29 is 18.0 Å². The van der Waals surface area contributed by atoms with Crippen molar-refractivity contribution in [1.82, 2.24) is 5.06 Å². The highest BCUT2D eigenvalue weighted by molar-refractivity contribution is 7.90. The third-order valence-electron chi connectivity index (χ3n) is 3.07. The number of carbonyl (C=O) groups is 1. The molecule has 5 nitrogen and oxygen atoms in total. The second-order valence-corrected chi connectivity index (χ2v) is 7.36. The van der Waals surface area contributed by atoms with Crippen LogP contribution in [0.4, 0.5) is 0 Å². The molecule has 0 N–H and O–H groups in total. The summed E-state index contributed by atoms with van der Waals surface area (Å²) in [6.07, 6.45) is 1.16. The van der Waals surface area contributed by atoms with Crippen molar-refractivity contribution in [2.75, 3.05) is 12.9 Å². The average molecular weight is 283 g/mol. The SMILES string of the molecule is CC1(C)CON(Cc2ccccc2S(C)(=O)=O)C1=O. The Kier molecular flexibility index (Phi) is 3.40. The fourth-order valence-corrected chi connectivity index (χ4v) is 2.90. The Hall–Kier alpha value is -1.40. The molecule has 1 fully saturated rings. The summed E-state index contributed by atoms with van der Waals surface area (Å²) in [5.74, 6) is -0.129. The van der Waals surface area contributed by atoms with Crippen molar-refractivity contribution in [2.45, 2.75) is 25.3 Å². The van der Waals surface area contributed by atoms with Gasteiger partial charge in [0.25, 0.3) is 5.91 Å².